The number of thiazole rings is 1. The number of methoxy groups -OCH3 is 1. The van der Waals surface area contributed by atoms with Crippen molar-refractivity contribution in [3.8, 4) is 16.3 Å². The topological polar surface area (TPSA) is 65.5 Å². The van der Waals surface area contributed by atoms with Crippen LogP contribution in [-0.4, -0.2) is 30.5 Å². The Bertz CT molecular complexity index is 921. The standard InChI is InChI=1S/C18H14ClNO4S2/c1-23-16-3-2-11(6-14(16)19)15(21)8-24-17(22)7-13-10-26-18(20-13)12-4-5-25-9-12/h2-6,9-10H,7-8H2,1H3. The zero-order valence-corrected chi connectivity index (χ0v) is 16.1. The largest absolute Gasteiger partial charge is 0.495 e. The second kappa shape index (κ2) is 8.44. The summed E-state index contributed by atoms with van der Waals surface area (Å²) in [5.74, 6) is -0.356. The summed E-state index contributed by atoms with van der Waals surface area (Å²) in [6, 6.07) is 6.64. The van der Waals surface area contributed by atoms with Gasteiger partial charge < -0.3 is 9.47 Å². The van der Waals surface area contributed by atoms with Crippen LogP contribution in [0.3, 0.4) is 0 Å². The van der Waals surface area contributed by atoms with E-state index in [1.807, 2.05) is 22.2 Å². The summed E-state index contributed by atoms with van der Waals surface area (Å²) in [6.07, 6.45) is 0.0251. The molecule has 0 radical (unpaired) electrons. The molecule has 134 valence electrons. The van der Waals surface area contributed by atoms with E-state index in [0.29, 0.717) is 22.0 Å². The maximum atomic E-state index is 12.1. The molecule has 0 aliphatic heterocycles. The molecule has 0 bridgehead atoms. The first kappa shape index (κ1) is 18.6. The van der Waals surface area contributed by atoms with Crippen molar-refractivity contribution in [1.82, 2.24) is 4.98 Å². The van der Waals surface area contributed by atoms with Crippen LogP contribution in [0, 0.1) is 0 Å². The molecule has 0 aliphatic rings. The Labute approximate surface area is 163 Å². The average molecular weight is 408 g/mol. The lowest BCUT2D eigenvalue weighted by molar-refractivity contribution is -0.141. The molecule has 0 unspecified atom stereocenters. The van der Waals surface area contributed by atoms with Gasteiger partial charge in [0.05, 0.1) is 24.2 Å². The van der Waals surface area contributed by atoms with E-state index in [1.165, 1.54) is 24.5 Å². The van der Waals surface area contributed by atoms with E-state index in [2.05, 4.69) is 4.98 Å². The molecule has 2 aromatic heterocycles. The van der Waals surface area contributed by atoms with Gasteiger partial charge in [-0.05, 0) is 29.6 Å². The van der Waals surface area contributed by atoms with Gasteiger partial charge in [0.15, 0.2) is 12.4 Å². The number of Topliss-reactive ketones (excluding diaryl/α,β-unsaturated/α-hetero) is 1. The van der Waals surface area contributed by atoms with Crippen molar-refractivity contribution in [2.24, 2.45) is 0 Å². The number of ketones is 1. The Kier molecular flexibility index (Phi) is 6.03. The molecule has 0 saturated carbocycles. The van der Waals surface area contributed by atoms with Crippen LogP contribution in [0.25, 0.3) is 10.6 Å². The number of aromatic nitrogens is 1. The van der Waals surface area contributed by atoms with Gasteiger partial charge in [-0.2, -0.15) is 11.3 Å². The van der Waals surface area contributed by atoms with Crippen molar-refractivity contribution in [2.45, 2.75) is 6.42 Å². The third kappa shape index (κ3) is 4.49. The summed E-state index contributed by atoms with van der Waals surface area (Å²) in [5, 5.41) is 6.98. The highest BCUT2D eigenvalue weighted by Crippen LogP contribution is 2.26. The molecule has 0 spiro atoms. The van der Waals surface area contributed by atoms with E-state index >= 15 is 0 Å². The van der Waals surface area contributed by atoms with Crippen molar-refractivity contribution in [3.63, 3.8) is 0 Å². The summed E-state index contributed by atoms with van der Waals surface area (Å²) in [6.45, 7) is -0.344. The number of hydrogen-bond donors (Lipinski definition) is 0. The zero-order chi connectivity index (χ0) is 18.5. The number of hydrogen-bond acceptors (Lipinski definition) is 7. The van der Waals surface area contributed by atoms with Gasteiger partial charge in [-0.1, -0.05) is 11.6 Å². The quantitative estimate of drug-likeness (QED) is 0.426. The first-order chi connectivity index (χ1) is 12.6. The van der Waals surface area contributed by atoms with Crippen LogP contribution < -0.4 is 4.74 Å². The molecule has 3 rings (SSSR count). The lowest BCUT2D eigenvalue weighted by Crippen LogP contribution is -2.15. The van der Waals surface area contributed by atoms with Crippen molar-refractivity contribution in [3.05, 3.63) is 56.7 Å². The molecule has 2 heterocycles. The summed E-state index contributed by atoms with van der Waals surface area (Å²) < 4.78 is 10.1. The number of benzene rings is 1. The second-order valence-electron chi connectivity index (χ2n) is 5.27. The zero-order valence-electron chi connectivity index (χ0n) is 13.7. The normalized spacial score (nSPS) is 10.5. The number of ether oxygens (including phenoxy) is 2. The second-order valence-corrected chi connectivity index (χ2v) is 7.31. The summed E-state index contributed by atoms with van der Waals surface area (Å²) in [7, 11) is 1.49. The number of carbonyl (C=O) groups is 2. The summed E-state index contributed by atoms with van der Waals surface area (Å²) in [5.41, 5.74) is 2.02. The minimum Gasteiger partial charge on any atom is -0.495 e. The first-order valence-corrected chi connectivity index (χ1v) is 9.76. The highest BCUT2D eigenvalue weighted by molar-refractivity contribution is 7.14. The molecule has 0 saturated heterocycles. The molecule has 0 N–H and O–H groups in total. The molecule has 0 fully saturated rings. The van der Waals surface area contributed by atoms with Crippen molar-refractivity contribution < 1.29 is 19.1 Å². The summed E-state index contributed by atoms with van der Waals surface area (Å²) in [4.78, 5) is 28.5. The van der Waals surface area contributed by atoms with Gasteiger partial charge in [-0.3, -0.25) is 9.59 Å². The fourth-order valence-electron chi connectivity index (χ4n) is 2.18. The molecule has 0 amide bonds. The maximum Gasteiger partial charge on any atom is 0.312 e. The van der Waals surface area contributed by atoms with Crippen LogP contribution in [-0.2, 0) is 16.0 Å². The van der Waals surface area contributed by atoms with E-state index in [1.54, 1.807) is 23.5 Å². The van der Waals surface area contributed by atoms with Crippen LogP contribution >= 0.6 is 34.3 Å². The van der Waals surface area contributed by atoms with Gasteiger partial charge in [0.2, 0.25) is 0 Å². The van der Waals surface area contributed by atoms with E-state index in [-0.39, 0.29) is 18.8 Å². The number of nitrogens with zero attached hydrogens (tertiary/aromatic N) is 1. The van der Waals surface area contributed by atoms with Crippen molar-refractivity contribution in [1.29, 1.82) is 0 Å². The van der Waals surface area contributed by atoms with Crippen LogP contribution in [0.2, 0.25) is 5.02 Å². The number of thiophene rings is 1. The molecule has 8 heteroatoms. The summed E-state index contributed by atoms with van der Waals surface area (Å²) >= 11 is 9.06. The van der Waals surface area contributed by atoms with Gasteiger partial charge in [-0.15, -0.1) is 11.3 Å². The Balaban J connectivity index is 1.54. The van der Waals surface area contributed by atoms with Crippen LogP contribution in [0.1, 0.15) is 16.1 Å². The van der Waals surface area contributed by atoms with Gasteiger partial charge in [-0.25, -0.2) is 4.98 Å². The van der Waals surface area contributed by atoms with Gasteiger partial charge in [0.25, 0.3) is 0 Å². The molecule has 0 atom stereocenters. The monoisotopic (exact) mass is 407 g/mol. The number of halogens is 1. The van der Waals surface area contributed by atoms with Crippen molar-refractivity contribution >= 4 is 46.0 Å². The van der Waals surface area contributed by atoms with Gasteiger partial charge >= 0.3 is 5.97 Å². The van der Waals surface area contributed by atoms with Gasteiger partial charge in [0.1, 0.15) is 10.8 Å². The number of carbonyl (C=O) groups excluding carboxylic acids is 2. The average Bonchev–Trinajstić information content (AvgIpc) is 3.31. The van der Waals surface area contributed by atoms with Crippen molar-refractivity contribution in [2.75, 3.05) is 13.7 Å². The van der Waals surface area contributed by atoms with E-state index in [9.17, 15) is 9.59 Å². The van der Waals surface area contributed by atoms with Crippen LogP contribution in [0.4, 0.5) is 0 Å². The Morgan fingerprint density at radius 1 is 1.23 bits per heavy atom. The minimum atomic E-state index is -0.500. The Hall–Kier alpha value is -2.22. The SMILES string of the molecule is COc1ccc(C(=O)COC(=O)Cc2csc(-c3ccsc3)n2)cc1Cl. The first-order valence-electron chi connectivity index (χ1n) is 7.56. The molecule has 5 nitrogen and oxygen atoms in total. The van der Waals surface area contributed by atoms with Gasteiger partial charge in [0, 0.05) is 21.9 Å². The van der Waals surface area contributed by atoms with E-state index in [0.717, 1.165) is 10.6 Å². The fraction of sp³-hybridized carbons (Fsp3) is 0.167. The van der Waals surface area contributed by atoms with E-state index in [4.69, 9.17) is 21.1 Å². The molecular weight excluding hydrogens is 394 g/mol. The smallest absolute Gasteiger partial charge is 0.312 e. The van der Waals surface area contributed by atoms with Crippen LogP contribution in [0.5, 0.6) is 5.75 Å². The lowest BCUT2D eigenvalue weighted by atomic mass is 10.1. The molecule has 3 aromatic rings. The number of esters is 1. The third-order valence-corrected chi connectivity index (χ3v) is 5.40. The van der Waals surface area contributed by atoms with E-state index < -0.39 is 5.97 Å². The highest BCUT2D eigenvalue weighted by atomic mass is 35.5. The predicted molar refractivity (Wildman–Crippen MR) is 102 cm³/mol. The maximum absolute atomic E-state index is 12.1. The third-order valence-electron chi connectivity index (χ3n) is 3.48. The Morgan fingerprint density at radius 2 is 2.08 bits per heavy atom. The lowest BCUT2D eigenvalue weighted by Gasteiger charge is -2.06. The minimum absolute atomic E-state index is 0.0251. The molecule has 1 aromatic carbocycles. The van der Waals surface area contributed by atoms with Crippen LogP contribution in [0.15, 0.2) is 40.4 Å². The molecule has 26 heavy (non-hydrogen) atoms. The molecule has 0 aliphatic carbocycles. The molecular formula is C18H14ClNO4S2. The predicted octanol–water partition coefficient (Wildman–Crippen LogP) is 4.50. The number of rotatable bonds is 7. The Morgan fingerprint density at radius 3 is 2.77 bits per heavy atom. The fourth-order valence-corrected chi connectivity index (χ4v) is 3.96. The highest BCUT2D eigenvalue weighted by Gasteiger charge is 2.14.